The smallest absolute Gasteiger partial charge is 0.339 e. The molecule has 192 valence electrons. The van der Waals surface area contributed by atoms with Gasteiger partial charge >= 0.3 is 5.97 Å². The Hall–Kier alpha value is -4.28. The summed E-state index contributed by atoms with van der Waals surface area (Å²) in [5.41, 5.74) is -0.733. The highest BCUT2D eigenvalue weighted by Gasteiger charge is 2.73. The number of amides is 1. The summed E-state index contributed by atoms with van der Waals surface area (Å²) in [6, 6.07) is 3.43. The average molecular weight is 507 g/mol. The fourth-order valence-corrected chi connectivity index (χ4v) is 6.15. The van der Waals surface area contributed by atoms with E-state index in [0.29, 0.717) is 46.8 Å². The first-order chi connectivity index (χ1) is 17.7. The van der Waals surface area contributed by atoms with E-state index in [4.69, 9.17) is 18.9 Å². The van der Waals surface area contributed by atoms with Crippen LogP contribution in [0.15, 0.2) is 35.2 Å². The third-order valence-corrected chi connectivity index (χ3v) is 8.01. The minimum Gasteiger partial charge on any atom is -0.493 e. The van der Waals surface area contributed by atoms with E-state index in [1.165, 1.54) is 41.4 Å². The highest BCUT2D eigenvalue weighted by molar-refractivity contribution is 6.26. The molecule has 11 heteroatoms. The van der Waals surface area contributed by atoms with Crippen LogP contribution in [0.25, 0.3) is 10.9 Å². The number of piperidine rings is 1. The van der Waals surface area contributed by atoms with Gasteiger partial charge in [-0.25, -0.2) is 4.79 Å². The fraction of sp³-hybridized carbons (Fsp3) is 0.385. The van der Waals surface area contributed by atoms with Crippen molar-refractivity contribution in [2.24, 2.45) is 11.3 Å². The van der Waals surface area contributed by atoms with Crippen LogP contribution in [0.2, 0.25) is 0 Å². The summed E-state index contributed by atoms with van der Waals surface area (Å²) in [7, 11) is 5.70. The second kappa shape index (κ2) is 7.37. The highest BCUT2D eigenvalue weighted by atomic mass is 16.5. The van der Waals surface area contributed by atoms with Crippen molar-refractivity contribution in [2.45, 2.75) is 18.9 Å². The fourth-order valence-electron chi connectivity index (χ4n) is 6.15. The van der Waals surface area contributed by atoms with Gasteiger partial charge in [0.2, 0.25) is 11.5 Å². The van der Waals surface area contributed by atoms with Crippen molar-refractivity contribution in [3.8, 4) is 17.2 Å². The van der Waals surface area contributed by atoms with Crippen LogP contribution in [-0.4, -0.2) is 73.8 Å². The monoisotopic (exact) mass is 507 g/mol. The summed E-state index contributed by atoms with van der Waals surface area (Å²) >= 11 is 0. The predicted octanol–water partition coefficient (Wildman–Crippen LogP) is 1.48. The van der Waals surface area contributed by atoms with Crippen molar-refractivity contribution >= 4 is 34.3 Å². The first-order valence-electron chi connectivity index (χ1n) is 11.7. The number of aromatic amines is 1. The second-order valence-corrected chi connectivity index (χ2v) is 9.80. The molecular formula is C26H25N3O8. The molecule has 1 aromatic heterocycles. The van der Waals surface area contributed by atoms with E-state index < -0.39 is 28.5 Å². The number of H-pyrrole nitrogens is 1. The number of ketones is 2. The third-order valence-electron chi connectivity index (χ3n) is 8.01. The molecule has 0 bridgehead atoms. The number of methoxy groups -OCH3 is 4. The number of ether oxygens (including phenoxy) is 4. The number of Topliss-reactive ketones (excluding diaryl/α,β-unsaturated/α-hetero) is 1. The van der Waals surface area contributed by atoms with Gasteiger partial charge in [-0.3, -0.25) is 14.4 Å². The van der Waals surface area contributed by atoms with Gasteiger partial charge in [0.05, 0.1) is 39.7 Å². The summed E-state index contributed by atoms with van der Waals surface area (Å²) in [4.78, 5) is 57.5. The van der Waals surface area contributed by atoms with Crippen LogP contribution < -0.4 is 19.5 Å². The number of likely N-dealkylation sites (tertiary alicyclic amines) is 1. The Bertz CT molecular complexity index is 1520. The average Bonchev–Trinajstić information content (AvgIpc) is 3.15. The molecule has 3 heterocycles. The van der Waals surface area contributed by atoms with Crippen molar-refractivity contribution < 1.29 is 38.1 Å². The van der Waals surface area contributed by atoms with Crippen LogP contribution in [0.5, 0.6) is 17.2 Å². The molecule has 2 aromatic rings. The Kier molecular flexibility index (Phi) is 4.61. The lowest BCUT2D eigenvalue weighted by Crippen LogP contribution is -2.52. The largest absolute Gasteiger partial charge is 0.493 e. The van der Waals surface area contributed by atoms with E-state index in [1.54, 1.807) is 17.0 Å². The summed E-state index contributed by atoms with van der Waals surface area (Å²) in [5.74, 6) is -0.852. The Morgan fingerprint density at radius 1 is 1.05 bits per heavy atom. The first kappa shape index (κ1) is 23.1. The number of nitrogens with one attached hydrogen (secondary N) is 2. The minimum absolute atomic E-state index is 0.0364. The molecule has 2 N–H and O–H groups in total. The topological polar surface area (TPSA) is 136 Å². The Labute approximate surface area is 211 Å². The number of carbonyl (C=O) groups excluding carboxylic acids is 4. The molecule has 1 spiro atoms. The normalized spacial score (nSPS) is 27.3. The standard InChI is InChI=1S/C26H25N3O8/c1-25(24(33)37-5)22(31)17-19(28-25)14(30)8-16-26(17)9-12(26)10-29(16)23(32)13-6-11-7-15(34-2)20(35-3)21(36-4)18(11)27-13/h6-8,12,27-28H,9-10H2,1-5H3/t12?,25-,26?/m1/s1. The summed E-state index contributed by atoms with van der Waals surface area (Å²) in [6.07, 6.45) is 2.02. The van der Waals surface area contributed by atoms with Gasteiger partial charge in [-0.05, 0) is 31.4 Å². The number of hydrogen-bond donors (Lipinski definition) is 2. The molecule has 1 saturated heterocycles. The molecule has 2 aliphatic carbocycles. The molecular weight excluding hydrogens is 482 g/mol. The third kappa shape index (κ3) is 2.71. The van der Waals surface area contributed by atoms with E-state index >= 15 is 0 Å². The lowest BCUT2D eigenvalue weighted by Gasteiger charge is -2.28. The van der Waals surface area contributed by atoms with E-state index in [2.05, 4.69) is 10.3 Å². The van der Waals surface area contributed by atoms with Gasteiger partial charge in [-0.1, -0.05) is 0 Å². The molecule has 4 aliphatic rings. The number of allylic oxidation sites excluding steroid dienone is 2. The molecule has 1 amide bonds. The van der Waals surface area contributed by atoms with Gasteiger partial charge in [0.25, 0.3) is 5.91 Å². The zero-order valence-corrected chi connectivity index (χ0v) is 20.9. The number of esters is 1. The maximum absolute atomic E-state index is 13.8. The van der Waals surface area contributed by atoms with Crippen LogP contribution in [0.4, 0.5) is 0 Å². The zero-order chi connectivity index (χ0) is 26.4. The quantitative estimate of drug-likeness (QED) is 0.456. The number of benzene rings is 1. The van der Waals surface area contributed by atoms with Crippen molar-refractivity contribution in [1.82, 2.24) is 15.2 Å². The minimum atomic E-state index is -1.68. The zero-order valence-electron chi connectivity index (χ0n) is 20.9. The van der Waals surface area contributed by atoms with Crippen LogP contribution in [0.1, 0.15) is 23.8 Å². The predicted molar refractivity (Wildman–Crippen MR) is 128 cm³/mol. The van der Waals surface area contributed by atoms with Crippen LogP contribution in [0.3, 0.4) is 0 Å². The van der Waals surface area contributed by atoms with Gasteiger partial charge in [0.15, 0.2) is 22.8 Å². The maximum atomic E-state index is 13.8. The van der Waals surface area contributed by atoms with Crippen LogP contribution >= 0.6 is 0 Å². The summed E-state index contributed by atoms with van der Waals surface area (Å²) in [5, 5.41) is 3.51. The molecule has 6 rings (SSSR count). The Morgan fingerprint density at radius 3 is 2.43 bits per heavy atom. The van der Waals surface area contributed by atoms with Crippen molar-refractivity contribution in [2.75, 3.05) is 35.0 Å². The number of fused-ring (bicyclic) bond motifs is 1. The molecule has 11 nitrogen and oxygen atoms in total. The number of aromatic nitrogens is 1. The van der Waals surface area contributed by atoms with Gasteiger partial charge in [0.1, 0.15) is 5.69 Å². The van der Waals surface area contributed by atoms with E-state index in [1.807, 2.05) is 0 Å². The van der Waals surface area contributed by atoms with Crippen LogP contribution in [0, 0.1) is 11.3 Å². The lowest BCUT2D eigenvalue weighted by molar-refractivity contribution is -0.150. The molecule has 2 aliphatic heterocycles. The van der Waals surface area contributed by atoms with E-state index in [-0.39, 0.29) is 28.8 Å². The Morgan fingerprint density at radius 2 is 1.78 bits per heavy atom. The Balaban J connectivity index is 1.38. The molecule has 2 fully saturated rings. The number of carbonyl (C=O) groups is 4. The molecule has 37 heavy (non-hydrogen) atoms. The molecule has 2 unspecified atom stereocenters. The number of nitrogens with zero attached hydrogens (tertiary/aromatic N) is 1. The lowest BCUT2D eigenvalue weighted by atomic mass is 9.80. The number of rotatable bonds is 5. The first-order valence-corrected chi connectivity index (χ1v) is 11.7. The highest BCUT2D eigenvalue weighted by Crippen LogP contribution is 2.70. The summed E-state index contributed by atoms with van der Waals surface area (Å²) < 4.78 is 21.2. The van der Waals surface area contributed by atoms with Crippen LogP contribution in [-0.2, 0) is 19.1 Å². The van der Waals surface area contributed by atoms with E-state index in [9.17, 15) is 19.2 Å². The van der Waals surface area contributed by atoms with E-state index in [0.717, 1.165) is 0 Å². The summed E-state index contributed by atoms with van der Waals surface area (Å²) in [6.45, 7) is 1.76. The molecule has 0 radical (unpaired) electrons. The maximum Gasteiger partial charge on any atom is 0.339 e. The van der Waals surface area contributed by atoms with Crippen molar-refractivity contribution in [1.29, 1.82) is 0 Å². The van der Waals surface area contributed by atoms with Gasteiger partial charge < -0.3 is 34.1 Å². The van der Waals surface area contributed by atoms with Gasteiger partial charge in [0, 0.05) is 34.7 Å². The van der Waals surface area contributed by atoms with Crippen molar-refractivity contribution in [3.63, 3.8) is 0 Å². The number of hydrogen-bond acceptors (Lipinski definition) is 9. The molecule has 1 saturated carbocycles. The van der Waals surface area contributed by atoms with Gasteiger partial charge in [-0.15, -0.1) is 0 Å². The SMILES string of the molecule is COC(=O)[C@]1(C)NC2=C(C1=O)C13CC1CN(C(=O)c1cc4cc(OC)c(OC)c(OC)c4[nH]1)C3=CC2=O. The van der Waals surface area contributed by atoms with Gasteiger partial charge in [-0.2, -0.15) is 0 Å². The molecule has 1 aromatic carbocycles. The molecule has 3 atom stereocenters. The van der Waals surface area contributed by atoms with Crippen molar-refractivity contribution in [3.05, 3.63) is 40.9 Å². The second-order valence-electron chi connectivity index (χ2n) is 9.80.